The fourth-order valence-corrected chi connectivity index (χ4v) is 4.06. The molecule has 0 spiro atoms. The Bertz CT molecular complexity index is 910. The molecule has 0 radical (unpaired) electrons. The van der Waals surface area contributed by atoms with Gasteiger partial charge in [0.15, 0.2) is 11.5 Å². The van der Waals surface area contributed by atoms with Gasteiger partial charge in [0.1, 0.15) is 5.51 Å². The summed E-state index contributed by atoms with van der Waals surface area (Å²) in [5.74, 6) is 1.30. The number of ether oxygens (including phenoxy) is 2. The van der Waals surface area contributed by atoms with Crippen molar-refractivity contribution in [1.82, 2.24) is 20.4 Å². The van der Waals surface area contributed by atoms with Crippen molar-refractivity contribution in [2.24, 2.45) is 5.92 Å². The number of aromatic nitrogens is 2. The van der Waals surface area contributed by atoms with E-state index in [0.717, 1.165) is 17.1 Å². The highest BCUT2D eigenvalue weighted by Crippen LogP contribution is 2.36. The molecule has 1 aromatic heterocycles. The Balaban J connectivity index is 1.26. The monoisotopic (exact) mass is 431 g/mol. The first-order chi connectivity index (χ1) is 14.4. The summed E-state index contributed by atoms with van der Waals surface area (Å²) in [6, 6.07) is 5.77. The first-order valence-electron chi connectivity index (χ1n) is 9.92. The topological polar surface area (TPSA) is 106 Å². The maximum Gasteiger partial charge on any atom is 0.317 e. The van der Waals surface area contributed by atoms with Crippen molar-refractivity contribution in [3.8, 4) is 11.5 Å². The van der Waals surface area contributed by atoms with E-state index in [1.165, 1.54) is 11.3 Å². The van der Waals surface area contributed by atoms with Crippen LogP contribution in [-0.2, 0) is 10.2 Å². The summed E-state index contributed by atoms with van der Waals surface area (Å²) < 4.78 is 10.8. The lowest BCUT2D eigenvalue weighted by atomic mass is 9.84. The lowest BCUT2D eigenvalue weighted by Crippen LogP contribution is -2.48. The van der Waals surface area contributed by atoms with Crippen molar-refractivity contribution >= 4 is 28.4 Å². The minimum Gasteiger partial charge on any atom is -0.454 e. The van der Waals surface area contributed by atoms with E-state index in [9.17, 15) is 9.59 Å². The fourth-order valence-electron chi connectivity index (χ4n) is 3.61. The Hall–Kier alpha value is -2.88. The molecular weight excluding hydrogens is 406 g/mol. The van der Waals surface area contributed by atoms with Gasteiger partial charge in [-0.25, -0.2) is 4.79 Å². The number of nitrogens with zero attached hydrogens (tertiary/aromatic N) is 3. The molecule has 4 rings (SSSR count). The molecule has 0 saturated carbocycles. The third-order valence-electron chi connectivity index (χ3n) is 5.58. The molecule has 0 aliphatic carbocycles. The van der Waals surface area contributed by atoms with E-state index in [4.69, 9.17) is 9.47 Å². The van der Waals surface area contributed by atoms with Crippen molar-refractivity contribution < 1.29 is 19.1 Å². The molecule has 3 amide bonds. The van der Waals surface area contributed by atoms with Crippen LogP contribution in [0.2, 0.25) is 0 Å². The molecule has 2 aromatic rings. The zero-order chi connectivity index (χ0) is 21.1. The summed E-state index contributed by atoms with van der Waals surface area (Å²) in [6.07, 6.45) is 1.26. The highest BCUT2D eigenvalue weighted by Gasteiger charge is 2.29. The van der Waals surface area contributed by atoms with Crippen LogP contribution in [0.15, 0.2) is 23.7 Å². The molecule has 160 valence electrons. The van der Waals surface area contributed by atoms with Crippen LogP contribution in [-0.4, -0.2) is 53.5 Å². The van der Waals surface area contributed by atoms with Gasteiger partial charge in [-0.3, -0.25) is 4.79 Å². The number of nitrogens with one attached hydrogen (secondary N) is 2. The van der Waals surface area contributed by atoms with Crippen molar-refractivity contribution in [3.05, 3.63) is 29.3 Å². The summed E-state index contributed by atoms with van der Waals surface area (Å²) in [6.45, 7) is 5.98. The fraction of sp³-hybridized carbons (Fsp3) is 0.500. The minimum atomic E-state index is -0.267. The molecule has 2 aliphatic heterocycles. The third kappa shape index (κ3) is 4.48. The van der Waals surface area contributed by atoms with Crippen LogP contribution in [0.3, 0.4) is 0 Å². The summed E-state index contributed by atoms with van der Waals surface area (Å²) in [7, 11) is 0. The molecule has 30 heavy (non-hydrogen) atoms. The predicted molar refractivity (Wildman–Crippen MR) is 112 cm³/mol. The number of benzene rings is 1. The average molecular weight is 432 g/mol. The Morgan fingerprint density at radius 1 is 1.23 bits per heavy atom. The van der Waals surface area contributed by atoms with E-state index >= 15 is 0 Å². The van der Waals surface area contributed by atoms with E-state index in [2.05, 4.69) is 34.7 Å². The number of piperidine rings is 1. The Morgan fingerprint density at radius 2 is 2.00 bits per heavy atom. The largest absolute Gasteiger partial charge is 0.454 e. The molecule has 1 fully saturated rings. The van der Waals surface area contributed by atoms with Gasteiger partial charge in [-0.15, -0.1) is 10.2 Å². The highest BCUT2D eigenvalue weighted by molar-refractivity contribution is 7.13. The average Bonchev–Trinajstić information content (AvgIpc) is 3.43. The van der Waals surface area contributed by atoms with Gasteiger partial charge in [0.05, 0.1) is 0 Å². The number of hydrogen-bond acceptors (Lipinski definition) is 7. The number of fused-ring (bicyclic) bond motifs is 1. The first kappa shape index (κ1) is 20.4. The van der Waals surface area contributed by atoms with Crippen molar-refractivity contribution in [2.45, 2.75) is 32.1 Å². The summed E-state index contributed by atoms with van der Waals surface area (Å²) in [4.78, 5) is 26.7. The molecule has 3 heterocycles. The second kappa shape index (κ2) is 8.47. The lowest BCUT2D eigenvalue weighted by molar-refractivity contribution is -0.121. The number of likely N-dealkylation sites (tertiary alicyclic amines) is 1. The van der Waals surface area contributed by atoms with Gasteiger partial charge < -0.3 is 25.0 Å². The molecule has 2 aliphatic rings. The van der Waals surface area contributed by atoms with Gasteiger partial charge in [-0.1, -0.05) is 31.3 Å². The number of carbonyl (C=O) groups excluding carboxylic acids is 2. The Kier molecular flexibility index (Phi) is 5.76. The number of amides is 3. The van der Waals surface area contributed by atoms with Crippen molar-refractivity contribution in [1.29, 1.82) is 0 Å². The lowest BCUT2D eigenvalue weighted by Gasteiger charge is -2.33. The maximum absolute atomic E-state index is 12.6. The molecule has 1 saturated heterocycles. The normalized spacial score (nSPS) is 16.4. The zero-order valence-electron chi connectivity index (χ0n) is 17.0. The van der Waals surface area contributed by atoms with Gasteiger partial charge in [0.25, 0.3) is 0 Å². The van der Waals surface area contributed by atoms with Crippen LogP contribution in [0, 0.1) is 5.92 Å². The van der Waals surface area contributed by atoms with Crippen molar-refractivity contribution in [2.75, 3.05) is 31.7 Å². The molecule has 0 bridgehead atoms. The van der Waals surface area contributed by atoms with Crippen LogP contribution in [0.4, 0.5) is 9.93 Å². The standard InChI is InChI=1S/C20H25N5O4S/c1-20(2,14-3-4-15-16(9-14)29-12-28-15)10-21-19(27)25-7-5-13(6-8-25)17(26)23-18-24-22-11-30-18/h3-4,9,11,13H,5-8,10,12H2,1-2H3,(H,21,27)(H,23,24,26). The van der Waals surface area contributed by atoms with Crippen LogP contribution in [0.5, 0.6) is 11.5 Å². The van der Waals surface area contributed by atoms with E-state index < -0.39 is 0 Å². The smallest absolute Gasteiger partial charge is 0.317 e. The second-order valence-electron chi connectivity index (χ2n) is 8.11. The molecule has 2 N–H and O–H groups in total. The zero-order valence-corrected chi connectivity index (χ0v) is 17.8. The summed E-state index contributed by atoms with van der Waals surface area (Å²) in [5, 5.41) is 13.9. The molecule has 9 nitrogen and oxygen atoms in total. The predicted octanol–water partition coefficient (Wildman–Crippen LogP) is 2.60. The number of anilines is 1. The van der Waals surface area contributed by atoms with E-state index in [1.54, 1.807) is 10.4 Å². The van der Waals surface area contributed by atoms with Crippen LogP contribution >= 0.6 is 11.3 Å². The highest BCUT2D eigenvalue weighted by atomic mass is 32.1. The van der Waals surface area contributed by atoms with Gasteiger partial charge in [0.2, 0.25) is 17.8 Å². The number of urea groups is 1. The van der Waals surface area contributed by atoms with Gasteiger partial charge >= 0.3 is 6.03 Å². The molecule has 10 heteroatoms. The van der Waals surface area contributed by atoms with Crippen LogP contribution < -0.4 is 20.1 Å². The first-order valence-corrected chi connectivity index (χ1v) is 10.8. The van der Waals surface area contributed by atoms with Crippen LogP contribution in [0.25, 0.3) is 0 Å². The summed E-state index contributed by atoms with van der Waals surface area (Å²) >= 11 is 1.29. The van der Waals surface area contributed by atoms with Crippen LogP contribution in [0.1, 0.15) is 32.3 Å². The quantitative estimate of drug-likeness (QED) is 0.754. The number of rotatable bonds is 5. The molecular formula is C20H25N5O4S. The molecule has 0 unspecified atom stereocenters. The summed E-state index contributed by atoms with van der Waals surface area (Å²) in [5.41, 5.74) is 2.38. The van der Waals surface area contributed by atoms with Gasteiger partial charge in [-0.2, -0.15) is 0 Å². The van der Waals surface area contributed by atoms with E-state index in [-0.39, 0.29) is 30.1 Å². The molecule has 1 aromatic carbocycles. The Labute approximate surface area is 178 Å². The molecule has 0 atom stereocenters. The number of hydrogen-bond donors (Lipinski definition) is 2. The van der Waals surface area contributed by atoms with Gasteiger partial charge in [-0.05, 0) is 30.5 Å². The third-order valence-corrected chi connectivity index (χ3v) is 6.19. The van der Waals surface area contributed by atoms with Gasteiger partial charge in [0, 0.05) is 31.0 Å². The SMILES string of the molecule is CC(C)(CNC(=O)N1CCC(C(=O)Nc2nncs2)CC1)c1ccc2c(c1)OCO2. The van der Waals surface area contributed by atoms with E-state index in [0.29, 0.717) is 37.6 Å². The Morgan fingerprint density at radius 3 is 2.73 bits per heavy atom. The second-order valence-corrected chi connectivity index (χ2v) is 8.94. The maximum atomic E-state index is 12.6. The van der Waals surface area contributed by atoms with E-state index in [1.807, 2.05) is 18.2 Å². The van der Waals surface area contributed by atoms with Crippen molar-refractivity contribution in [3.63, 3.8) is 0 Å². The number of carbonyl (C=O) groups is 2. The minimum absolute atomic E-state index is 0.0595.